The summed E-state index contributed by atoms with van der Waals surface area (Å²) in [5.41, 5.74) is 0. The summed E-state index contributed by atoms with van der Waals surface area (Å²) in [5, 5.41) is 3.43. The molecule has 0 bridgehead atoms. The van der Waals surface area contributed by atoms with Crippen molar-refractivity contribution in [3.05, 3.63) is 0 Å². The summed E-state index contributed by atoms with van der Waals surface area (Å²) in [4.78, 5) is 2.24. The van der Waals surface area contributed by atoms with Gasteiger partial charge in [-0.15, -0.1) is 0 Å². The summed E-state index contributed by atoms with van der Waals surface area (Å²) >= 11 is 0. The number of hydrogen-bond donors (Lipinski definition) is 1. The Kier molecular flexibility index (Phi) is 6.37. The molecule has 0 aliphatic carbocycles. The SMILES string of the molecule is COCCN(C)CCNC1COC(C)(C)OC1. The normalized spacial score (nSPS) is 21.0. The standard InChI is InChI=1S/C12H26N2O3/c1-12(2)16-9-11(10-17-12)13-5-6-14(3)7-8-15-4/h11,13H,5-10H2,1-4H3. The third kappa shape index (κ3) is 6.33. The molecular formula is C12H26N2O3. The fraction of sp³-hybridized carbons (Fsp3) is 1.00. The quantitative estimate of drug-likeness (QED) is 0.700. The molecule has 0 atom stereocenters. The van der Waals surface area contributed by atoms with E-state index in [0.717, 1.165) is 39.5 Å². The Hall–Kier alpha value is -0.200. The minimum absolute atomic E-state index is 0.304. The molecule has 0 spiro atoms. The average molecular weight is 246 g/mol. The van der Waals surface area contributed by atoms with Gasteiger partial charge in [0, 0.05) is 26.7 Å². The van der Waals surface area contributed by atoms with Crippen molar-refractivity contribution in [1.82, 2.24) is 10.2 Å². The molecular weight excluding hydrogens is 220 g/mol. The van der Waals surface area contributed by atoms with Gasteiger partial charge in [-0.25, -0.2) is 0 Å². The maximum Gasteiger partial charge on any atom is 0.162 e. The van der Waals surface area contributed by atoms with Crippen molar-refractivity contribution in [2.75, 3.05) is 53.6 Å². The van der Waals surface area contributed by atoms with Crippen molar-refractivity contribution in [2.24, 2.45) is 0 Å². The van der Waals surface area contributed by atoms with Crippen LogP contribution in [-0.2, 0) is 14.2 Å². The molecule has 102 valence electrons. The highest BCUT2D eigenvalue weighted by Crippen LogP contribution is 2.16. The zero-order chi connectivity index (χ0) is 12.7. The van der Waals surface area contributed by atoms with Gasteiger partial charge in [-0.1, -0.05) is 0 Å². The Morgan fingerprint density at radius 3 is 2.53 bits per heavy atom. The van der Waals surface area contributed by atoms with Gasteiger partial charge < -0.3 is 24.4 Å². The zero-order valence-corrected chi connectivity index (χ0v) is 11.5. The van der Waals surface area contributed by atoms with Crippen molar-refractivity contribution < 1.29 is 14.2 Å². The minimum Gasteiger partial charge on any atom is -0.383 e. The van der Waals surface area contributed by atoms with Gasteiger partial charge in [0.05, 0.1) is 25.9 Å². The molecule has 1 aliphatic rings. The molecule has 1 saturated heterocycles. The summed E-state index contributed by atoms with van der Waals surface area (Å²) in [5.74, 6) is -0.423. The summed E-state index contributed by atoms with van der Waals surface area (Å²) < 4.78 is 16.2. The van der Waals surface area contributed by atoms with Crippen molar-refractivity contribution in [3.63, 3.8) is 0 Å². The Balaban J connectivity index is 2.04. The van der Waals surface area contributed by atoms with Crippen LogP contribution < -0.4 is 5.32 Å². The van der Waals surface area contributed by atoms with Crippen LogP contribution in [0.5, 0.6) is 0 Å². The summed E-state index contributed by atoms with van der Waals surface area (Å²) in [6, 6.07) is 0.304. The van der Waals surface area contributed by atoms with E-state index < -0.39 is 5.79 Å². The molecule has 0 radical (unpaired) electrons. The molecule has 0 saturated carbocycles. The van der Waals surface area contributed by atoms with Gasteiger partial charge in [0.25, 0.3) is 0 Å². The number of rotatable bonds is 7. The molecule has 1 rings (SSSR count). The molecule has 0 aromatic heterocycles. The molecule has 5 heteroatoms. The second-order valence-corrected chi connectivity index (χ2v) is 4.97. The van der Waals surface area contributed by atoms with E-state index in [-0.39, 0.29) is 0 Å². The molecule has 0 aromatic carbocycles. The van der Waals surface area contributed by atoms with Crippen molar-refractivity contribution in [3.8, 4) is 0 Å². The van der Waals surface area contributed by atoms with E-state index in [0.29, 0.717) is 6.04 Å². The lowest BCUT2D eigenvalue weighted by atomic mass is 10.2. The van der Waals surface area contributed by atoms with Crippen LogP contribution in [0.2, 0.25) is 0 Å². The van der Waals surface area contributed by atoms with Crippen LogP contribution in [0.15, 0.2) is 0 Å². The Labute approximate surface area is 104 Å². The fourth-order valence-electron chi connectivity index (χ4n) is 1.63. The predicted molar refractivity (Wildman–Crippen MR) is 67.1 cm³/mol. The summed E-state index contributed by atoms with van der Waals surface area (Å²) in [6.07, 6.45) is 0. The third-order valence-electron chi connectivity index (χ3n) is 2.87. The van der Waals surface area contributed by atoms with Gasteiger partial charge in [0.2, 0.25) is 0 Å². The van der Waals surface area contributed by atoms with Crippen molar-refractivity contribution in [2.45, 2.75) is 25.7 Å². The number of nitrogens with one attached hydrogen (secondary N) is 1. The van der Waals surface area contributed by atoms with Gasteiger partial charge >= 0.3 is 0 Å². The van der Waals surface area contributed by atoms with E-state index >= 15 is 0 Å². The fourth-order valence-corrected chi connectivity index (χ4v) is 1.63. The van der Waals surface area contributed by atoms with E-state index in [4.69, 9.17) is 14.2 Å². The van der Waals surface area contributed by atoms with Crippen LogP contribution in [-0.4, -0.2) is 70.3 Å². The van der Waals surface area contributed by atoms with Crippen molar-refractivity contribution >= 4 is 0 Å². The van der Waals surface area contributed by atoms with Gasteiger partial charge in [-0.2, -0.15) is 0 Å². The number of nitrogens with zero attached hydrogens (tertiary/aromatic N) is 1. The predicted octanol–water partition coefficient (Wildman–Crippen LogP) is 0.306. The first-order valence-electron chi connectivity index (χ1n) is 6.22. The first-order valence-corrected chi connectivity index (χ1v) is 6.22. The zero-order valence-electron chi connectivity index (χ0n) is 11.5. The van der Waals surface area contributed by atoms with Crippen LogP contribution in [0, 0.1) is 0 Å². The van der Waals surface area contributed by atoms with Gasteiger partial charge in [-0.3, -0.25) is 0 Å². The summed E-state index contributed by atoms with van der Waals surface area (Å²) in [7, 11) is 3.82. The van der Waals surface area contributed by atoms with Gasteiger partial charge in [0.15, 0.2) is 5.79 Å². The Morgan fingerprint density at radius 2 is 1.94 bits per heavy atom. The second-order valence-electron chi connectivity index (χ2n) is 4.97. The van der Waals surface area contributed by atoms with Gasteiger partial charge in [0.1, 0.15) is 0 Å². The molecule has 0 unspecified atom stereocenters. The van der Waals surface area contributed by atoms with E-state index in [2.05, 4.69) is 17.3 Å². The maximum atomic E-state index is 5.58. The molecule has 0 amide bonds. The van der Waals surface area contributed by atoms with Crippen LogP contribution >= 0.6 is 0 Å². The van der Waals surface area contributed by atoms with Crippen molar-refractivity contribution in [1.29, 1.82) is 0 Å². The molecule has 5 nitrogen and oxygen atoms in total. The first-order chi connectivity index (χ1) is 8.03. The molecule has 1 N–H and O–H groups in total. The summed E-state index contributed by atoms with van der Waals surface area (Å²) in [6.45, 7) is 9.01. The third-order valence-corrected chi connectivity index (χ3v) is 2.87. The molecule has 0 aromatic rings. The highest BCUT2D eigenvalue weighted by atomic mass is 16.7. The van der Waals surface area contributed by atoms with Crippen LogP contribution in [0.25, 0.3) is 0 Å². The average Bonchev–Trinajstić information content (AvgIpc) is 2.29. The smallest absolute Gasteiger partial charge is 0.162 e. The topological polar surface area (TPSA) is 43.0 Å². The lowest BCUT2D eigenvalue weighted by Gasteiger charge is -2.35. The number of likely N-dealkylation sites (N-methyl/N-ethyl adjacent to an activating group) is 1. The number of methoxy groups -OCH3 is 1. The van der Waals surface area contributed by atoms with E-state index in [1.807, 2.05) is 13.8 Å². The van der Waals surface area contributed by atoms with Crippen LogP contribution in [0.4, 0.5) is 0 Å². The van der Waals surface area contributed by atoms with E-state index in [1.54, 1.807) is 7.11 Å². The minimum atomic E-state index is -0.423. The molecule has 17 heavy (non-hydrogen) atoms. The monoisotopic (exact) mass is 246 g/mol. The van der Waals surface area contributed by atoms with Gasteiger partial charge in [-0.05, 0) is 20.9 Å². The highest BCUT2D eigenvalue weighted by Gasteiger charge is 2.27. The molecule has 1 heterocycles. The Bertz CT molecular complexity index is 202. The van der Waals surface area contributed by atoms with E-state index in [1.165, 1.54) is 0 Å². The lowest BCUT2D eigenvalue weighted by molar-refractivity contribution is -0.252. The molecule has 1 aliphatic heterocycles. The maximum absolute atomic E-state index is 5.58. The number of ether oxygens (including phenoxy) is 3. The second kappa shape index (κ2) is 7.28. The number of hydrogen-bond acceptors (Lipinski definition) is 5. The first kappa shape index (κ1) is 14.9. The lowest BCUT2D eigenvalue weighted by Crippen LogP contribution is -2.49. The van der Waals surface area contributed by atoms with E-state index in [9.17, 15) is 0 Å². The van der Waals surface area contributed by atoms with Crippen LogP contribution in [0.1, 0.15) is 13.8 Å². The highest BCUT2D eigenvalue weighted by molar-refractivity contribution is 4.73. The van der Waals surface area contributed by atoms with Crippen LogP contribution in [0.3, 0.4) is 0 Å². The Morgan fingerprint density at radius 1 is 1.29 bits per heavy atom. The largest absolute Gasteiger partial charge is 0.383 e. The molecule has 1 fully saturated rings.